The summed E-state index contributed by atoms with van der Waals surface area (Å²) in [5, 5.41) is 3.76. The topological polar surface area (TPSA) is 24.5 Å². The molecule has 0 amide bonds. The van der Waals surface area contributed by atoms with Crippen LogP contribution in [0.1, 0.15) is 32.8 Å². The molecular formula is C17H28N2O. The van der Waals surface area contributed by atoms with Crippen molar-refractivity contribution in [2.75, 3.05) is 33.4 Å². The van der Waals surface area contributed by atoms with Crippen LogP contribution < -0.4 is 5.32 Å². The van der Waals surface area contributed by atoms with Crippen molar-refractivity contribution in [2.24, 2.45) is 0 Å². The lowest BCUT2D eigenvalue weighted by atomic mass is 9.82. The Morgan fingerprint density at radius 2 is 1.95 bits per heavy atom. The van der Waals surface area contributed by atoms with Gasteiger partial charge in [-0.15, -0.1) is 0 Å². The van der Waals surface area contributed by atoms with E-state index in [1.165, 1.54) is 5.56 Å². The first kappa shape index (κ1) is 15.5. The molecule has 0 bridgehead atoms. The molecule has 1 aromatic carbocycles. The third kappa shape index (κ3) is 3.05. The first-order chi connectivity index (χ1) is 9.54. The second-order valence-corrected chi connectivity index (χ2v) is 6.32. The van der Waals surface area contributed by atoms with Gasteiger partial charge in [-0.2, -0.15) is 0 Å². The minimum atomic E-state index is 0.0362. The van der Waals surface area contributed by atoms with Crippen LogP contribution in [-0.4, -0.2) is 43.8 Å². The highest BCUT2D eigenvalue weighted by molar-refractivity contribution is 5.26. The van der Waals surface area contributed by atoms with Crippen molar-refractivity contribution in [3.63, 3.8) is 0 Å². The van der Waals surface area contributed by atoms with Gasteiger partial charge in [0.2, 0.25) is 0 Å². The molecule has 1 heterocycles. The zero-order valence-corrected chi connectivity index (χ0v) is 13.3. The van der Waals surface area contributed by atoms with E-state index in [1.54, 1.807) is 7.11 Å². The Hall–Kier alpha value is -0.900. The number of hydrogen-bond donors (Lipinski definition) is 1. The van der Waals surface area contributed by atoms with Gasteiger partial charge in [-0.05, 0) is 25.8 Å². The number of methoxy groups -OCH3 is 1. The lowest BCUT2D eigenvalue weighted by molar-refractivity contribution is -0.00000124. The zero-order valence-electron chi connectivity index (χ0n) is 13.3. The number of ether oxygens (including phenoxy) is 1. The van der Waals surface area contributed by atoms with E-state index in [4.69, 9.17) is 4.74 Å². The Labute approximate surface area is 123 Å². The van der Waals surface area contributed by atoms with Crippen molar-refractivity contribution >= 4 is 0 Å². The fourth-order valence-corrected chi connectivity index (χ4v) is 2.99. The quantitative estimate of drug-likeness (QED) is 0.895. The molecule has 2 rings (SSSR count). The smallest absolute Gasteiger partial charge is 0.0590 e. The van der Waals surface area contributed by atoms with Crippen molar-refractivity contribution in [2.45, 2.75) is 38.3 Å². The summed E-state index contributed by atoms with van der Waals surface area (Å²) in [6.07, 6.45) is 1.14. The molecule has 0 aromatic heterocycles. The number of nitrogens with one attached hydrogen (secondary N) is 1. The van der Waals surface area contributed by atoms with Crippen LogP contribution in [-0.2, 0) is 10.3 Å². The normalized spacial score (nSPS) is 31.4. The first-order valence-electron chi connectivity index (χ1n) is 7.58. The van der Waals surface area contributed by atoms with Crippen molar-refractivity contribution in [3.8, 4) is 0 Å². The maximum Gasteiger partial charge on any atom is 0.0590 e. The Morgan fingerprint density at radius 1 is 1.25 bits per heavy atom. The molecule has 0 radical (unpaired) electrons. The van der Waals surface area contributed by atoms with Gasteiger partial charge in [0.1, 0.15) is 0 Å². The monoisotopic (exact) mass is 276 g/mol. The summed E-state index contributed by atoms with van der Waals surface area (Å²) < 4.78 is 5.31. The largest absolute Gasteiger partial charge is 0.383 e. The van der Waals surface area contributed by atoms with Gasteiger partial charge >= 0.3 is 0 Å². The summed E-state index contributed by atoms with van der Waals surface area (Å²) in [4.78, 5) is 2.58. The standard InChI is InChI=1S/C17H28N2O/c1-5-16(2)14-19(11-12-20-4)17(3,13-18-16)15-9-7-6-8-10-15/h6-10,18H,5,11-14H2,1-4H3. The van der Waals surface area contributed by atoms with Crippen molar-refractivity contribution in [1.82, 2.24) is 10.2 Å². The Balaban J connectivity index is 2.26. The molecule has 3 heteroatoms. The predicted molar refractivity (Wildman–Crippen MR) is 83.9 cm³/mol. The molecule has 1 N–H and O–H groups in total. The minimum Gasteiger partial charge on any atom is -0.383 e. The molecule has 1 aliphatic rings. The Bertz CT molecular complexity index is 422. The lowest BCUT2D eigenvalue weighted by Gasteiger charge is -2.52. The maximum atomic E-state index is 5.31. The first-order valence-corrected chi connectivity index (χ1v) is 7.58. The number of nitrogens with zero attached hydrogens (tertiary/aromatic N) is 1. The highest BCUT2D eigenvalue weighted by atomic mass is 16.5. The van der Waals surface area contributed by atoms with E-state index in [9.17, 15) is 0 Å². The van der Waals surface area contributed by atoms with E-state index in [-0.39, 0.29) is 11.1 Å². The van der Waals surface area contributed by atoms with Crippen LogP contribution in [0.2, 0.25) is 0 Å². The van der Waals surface area contributed by atoms with Gasteiger partial charge in [-0.3, -0.25) is 4.90 Å². The number of hydrogen-bond acceptors (Lipinski definition) is 3. The van der Waals surface area contributed by atoms with Gasteiger partial charge in [0.15, 0.2) is 0 Å². The summed E-state index contributed by atoms with van der Waals surface area (Å²) in [6, 6.07) is 10.8. The second kappa shape index (κ2) is 6.25. The van der Waals surface area contributed by atoms with Gasteiger partial charge in [0.25, 0.3) is 0 Å². The highest BCUT2D eigenvalue weighted by Crippen LogP contribution is 2.33. The van der Waals surface area contributed by atoms with Gasteiger partial charge < -0.3 is 10.1 Å². The molecule has 1 fully saturated rings. The summed E-state index contributed by atoms with van der Waals surface area (Å²) in [6.45, 7) is 10.7. The zero-order chi connectivity index (χ0) is 14.6. The van der Waals surface area contributed by atoms with E-state index in [0.717, 1.165) is 32.7 Å². The Kier molecular flexibility index (Phi) is 4.84. The molecule has 3 nitrogen and oxygen atoms in total. The molecule has 2 atom stereocenters. The van der Waals surface area contributed by atoms with Crippen LogP contribution in [0.15, 0.2) is 30.3 Å². The Morgan fingerprint density at radius 3 is 2.55 bits per heavy atom. The van der Waals surface area contributed by atoms with E-state index >= 15 is 0 Å². The average Bonchev–Trinajstić information content (AvgIpc) is 2.49. The fraction of sp³-hybridized carbons (Fsp3) is 0.647. The molecule has 20 heavy (non-hydrogen) atoms. The molecule has 0 saturated carbocycles. The minimum absolute atomic E-state index is 0.0362. The average molecular weight is 276 g/mol. The van der Waals surface area contributed by atoms with Crippen molar-refractivity contribution in [3.05, 3.63) is 35.9 Å². The summed E-state index contributed by atoms with van der Waals surface area (Å²) in [5.74, 6) is 0. The third-order valence-corrected chi connectivity index (χ3v) is 4.84. The van der Waals surface area contributed by atoms with Crippen LogP contribution in [0.25, 0.3) is 0 Å². The number of benzene rings is 1. The van der Waals surface area contributed by atoms with E-state index in [0.29, 0.717) is 0 Å². The van der Waals surface area contributed by atoms with E-state index in [2.05, 4.69) is 61.3 Å². The number of piperazine rings is 1. The second-order valence-electron chi connectivity index (χ2n) is 6.32. The van der Waals surface area contributed by atoms with Crippen LogP contribution in [0.3, 0.4) is 0 Å². The molecule has 1 aliphatic heterocycles. The van der Waals surface area contributed by atoms with Crippen LogP contribution in [0, 0.1) is 0 Å². The van der Waals surface area contributed by atoms with Crippen LogP contribution in [0.5, 0.6) is 0 Å². The van der Waals surface area contributed by atoms with Crippen LogP contribution in [0.4, 0.5) is 0 Å². The number of rotatable bonds is 5. The van der Waals surface area contributed by atoms with Gasteiger partial charge in [0, 0.05) is 32.3 Å². The van der Waals surface area contributed by atoms with E-state index in [1.807, 2.05) is 0 Å². The summed E-state index contributed by atoms with van der Waals surface area (Å²) >= 11 is 0. The SMILES string of the molecule is CCC1(C)CN(CCOC)C(C)(c2ccccc2)CN1. The molecule has 1 saturated heterocycles. The molecule has 2 unspecified atom stereocenters. The van der Waals surface area contributed by atoms with E-state index < -0.39 is 0 Å². The summed E-state index contributed by atoms with van der Waals surface area (Å²) in [7, 11) is 1.78. The van der Waals surface area contributed by atoms with Gasteiger partial charge in [-0.1, -0.05) is 37.3 Å². The van der Waals surface area contributed by atoms with Gasteiger partial charge in [-0.25, -0.2) is 0 Å². The molecule has 0 spiro atoms. The maximum absolute atomic E-state index is 5.31. The predicted octanol–water partition coefficient (Wildman–Crippen LogP) is 2.62. The van der Waals surface area contributed by atoms with Gasteiger partial charge in [0.05, 0.1) is 12.1 Å². The van der Waals surface area contributed by atoms with Crippen LogP contribution >= 0.6 is 0 Å². The van der Waals surface area contributed by atoms with Crippen molar-refractivity contribution in [1.29, 1.82) is 0 Å². The lowest BCUT2D eigenvalue weighted by Crippen LogP contribution is -2.66. The van der Waals surface area contributed by atoms with Crippen molar-refractivity contribution < 1.29 is 4.74 Å². The highest BCUT2D eigenvalue weighted by Gasteiger charge is 2.42. The fourth-order valence-electron chi connectivity index (χ4n) is 2.99. The molecular weight excluding hydrogens is 248 g/mol. The molecule has 112 valence electrons. The molecule has 0 aliphatic carbocycles. The molecule has 1 aromatic rings. The third-order valence-electron chi connectivity index (χ3n) is 4.84. The summed E-state index contributed by atoms with van der Waals surface area (Å²) in [5.41, 5.74) is 1.61.